The molecule has 1 aliphatic rings. The molecule has 0 aliphatic carbocycles. The molecule has 0 fully saturated rings. The lowest BCUT2D eigenvalue weighted by molar-refractivity contribution is 0.0546. The van der Waals surface area contributed by atoms with Crippen molar-refractivity contribution in [3.63, 3.8) is 0 Å². The number of aromatic nitrogens is 1. The van der Waals surface area contributed by atoms with Crippen molar-refractivity contribution in [2.45, 2.75) is 19.5 Å². The van der Waals surface area contributed by atoms with E-state index in [1.165, 1.54) is 10.9 Å². The summed E-state index contributed by atoms with van der Waals surface area (Å²) in [5.41, 5.74) is 4.51. The number of furan rings is 1. The lowest BCUT2D eigenvalue weighted by atomic mass is 10.0. The molecule has 0 radical (unpaired) electrons. The zero-order valence-corrected chi connectivity index (χ0v) is 21.2. The van der Waals surface area contributed by atoms with Crippen molar-refractivity contribution in [1.82, 2.24) is 9.47 Å². The number of carbonyl (C=O) groups is 1. The van der Waals surface area contributed by atoms with E-state index < -0.39 is 0 Å². The molecule has 2 aromatic heterocycles. The van der Waals surface area contributed by atoms with Gasteiger partial charge in [-0.2, -0.15) is 0 Å². The van der Waals surface area contributed by atoms with Crippen LogP contribution in [0.1, 0.15) is 33.0 Å². The molecule has 6 heteroatoms. The van der Waals surface area contributed by atoms with Crippen LogP contribution < -0.4 is 4.74 Å². The molecule has 0 saturated heterocycles. The monoisotopic (exact) mass is 506 g/mol. The van der Waals surface area contributed by atoms with Gasteiger partial charge in [0.05, 0.1) is 19.8 Å². The SMILES string of the molecule is O=C(c1ccc(Cn2ccc3ccccc32)o1)N1CCOCCOc2ccccc2Cc2cccc(c2)C1. The Hall–Kier alpha value is -4.29. The number of amides is 1. The second kappa shape index (κ2) is 11.0. The maximum Gasteiger partial charge on any atom is 0.289 e. The number of benzene rings is 3. The zero-order chi connectivity index (χ0) is 25.7. The lowest BCUT2D eigenvalue weighted by Gasteiger charge is -2.23. The van der Waals surface area contributed by atoms with Gasteiger partial charge < -0.3 is 23.4 Å². The fourth-order valence-electron chi connectivity index (χ4n) is 4.99. The zero-order valence-electron chi connectivity index (χ0n) is 21.2. The Kier molecular flexibility index (Phi) is 6.96. The Bertz CT molecular complexity index is 1550. The molecule has 6 nitrogen and oxygen atoms in total. The third-order valence-corrected chi connectivity index (χ3v) is 6.89. The summed E-state index contributed by atoms with van der Waals surface area (Å²) in [5.74, 6) is 1.82. The van der Waals surface area contributed by atoms with E-state index in [2.05, 4.69) is 47.0 Å². The second-order valence-electron chi connectivity index (χ2n) is 9.56. The Balaban J connectivity index is 1.22. The van der Waals surface area contributed by atoms with Crippen LogP contribution in [0.25, 0.3) is 10.9 Å². The number of hydrogen-bond donors (Lipinski definition) is 0. The van der Waals surface area contributed by atoms with Crippen LogP contribution in [-0.2, 0) is 24.2 Å². The van der Waals surface area contributed by atoms with Gasteiger partial charge in [-0.15, -0.1) is 0 Å². The third kappa shape index (κ3) is 5.36. The molecule has 6 rings (SSSR count). The molecule has 3 heterocycles. The summed E-state index contributed by atoms with van der Waals surface area (Å²) in [6, 6.07) is 30.5. The van der Waals surface area contributed by atoms with E-state index >= 15 is 0 Å². The van der Waals surface area contributed by atoms with Crippen LogP contribution in [0.3, 0.4) is 0 Å². The standard InChI is InChI=1S/C32H30N2O4/c35-32(31-13-12-28(38-31)23-33-15-14-26-8-1-3-10-29(26)33)34-16-17-36-18-19-37-30-11-4-2-9-27(30)21-24-6-5-7-25(20-24)22-34/h1-15,20H,16-19,21-23H2. The van der Waals surface area contributed by atoms with E-state index in [0.717, 1.165) is 34.6 Å². The number of fused-ring (bicyclic) bond motifs is 4. The summed E-state index contributed by atoms with van der Waals surface area (Å²) in [7, 11) is 0. The molecule has 1 amide bonds. The van der Waals surface area contributed by atoms with E-state index in [1.54, 1.807) is 11.0 Å². The highest BCUT2D eigenvalue weighted by molar-refractivity contribution is 5.91. The summed E-state index contributed by atoms with van der Waals surface area (Å²) in [6.45, 7) is 2.83. The highest BCUT2D eigenvalue weighted by atomic mass is 16.5. The van der Waals surface area contributed by atoms with Crippen molar-refractivity contribution < 1.29 is 18.7 Å². The lowest BCUT2D eigenvalue weighted by Crippen LogP contribution is -2.33. The van der Waals surface area contributed by atoms with Gasteiger partial charge in [0.25, 0.3) is 5.91 Å². The molecule has 38 heavy (non-hydrogen) atoms. The van der Waals surface area contributed by atoms with Crippen LogP contribution in [0, 0.1) is 0 Å². The molecular formula is C32H30N2O4. The maximum absolute atomic E-state index is 13.6. The molecule has 5 aromatic rings. The molecule has 2 bridgehead atoms. The van der Waals surface area contributed by atoms with Crippen LogP contribution in [0.15, 0.2) is 102 Å². The van der Waals surface area contributed by atoms with Gasteiger partial charge in [0.2, 0.25) is 0 Å². The van der Waals surface area contributed by atoms with Gasteiger partial charge in [0, 0.05) is 31.2 Å². The fraction of sp³-hybridized carbons (Fsp3) is 0.219. The summed E-state index contributed by atoms with van der Waals surface area (Å²) in [5, 5.41) is 1.18. The van der Waals surface area contributed by atoms with Gasteiger partial charge in [-0.3, -0.25) is 4.79 Å². The predicted molar refractivity (Wildman–Crippen MR) is 146 cm³/mol. The van der Waals surface area contributed by atoms with E-state index in [4.69, 9.17) is 13.9 Å². The van der Waals surface area contributed by atoms with Gasteiger partial charge in [0.15, 0.2) is 5.76 Å². The highest BCUT2D eigenvalue weighted by Gasteiger charge is 2.21. The van der Waals surface area contributed by atoms with Crippen molar-refractivity contribution in [2.75, 3.05) is 26.4 Å². The molecule has 192 valence electrons. The average molecular weight is 507 g/mol. The molecule has 0 unspecified atom stereocenters. The van der Waals surface area contributed by atoms with Crippen LogP contribution in [-0.4, -0.2) is 41.7 Å². The number of carbonyl (C=O) groups excluding carboxylic acids is 1. The van der Waals surface area contributed by atoms with Gasteiger partial charge in [-0.25, -0.2) is 0 Å². The van der Waals surface area contributed by atoms with Crippen molar-refractivity contribution in [2.24, 2.45) is 0 Å². The van der Waals surface area contributed by atoms with Gasteiger partial charge in [-0.05, 0) is 52.4 Å². The third-order valence-electron chi connectivity index (χ3n) is 6.89. The smallest absolute Gasteiger partial charge is 0.289 e. The number of para-hydroxylation sites is 2. The van der Waals surface area contributed by atoms with Crippen LogP contribution in [0.2, 0.25) is 0 Å². The quantitative estimate of drug-likeness (QED) is 0.305. The Morgan fingerprint density at radius 2 is 1.68 bits per heavy atom. The fourth-order valence-corrected chi connectivity index (χ4v) is 4.99. The van der Waals surface area contributed by atoms with Gasteiger partial charge in [0.1, 0.15) is 18.1 Å². The molecule has 0 spiro atoms. The number of ether oxygens (including phenoxy) is 2. The number of rotatable bonds is 3. The highest BCUT2D eigenvalue weighted by Crippen LogP contribution is 2.23. The first-order valence-corrected chi connectivity index (χ1v) is 13.0. The Morgan fingerprint density at radius 3 is 2.66 bits per heavy atom. The number of hydrogen-bond acceptors (Lipinski definition) is 4. The minimum atomic E-state index is -0.142. The van der Waals surface area contributed by atoms with E-state index in [1.807, 2.05) is 48.7 Å². The summed E-state index contributed by atoms with van der Waals surface area (Å²) < 4.78 is 20.0. The molecule has 0 saturated carbocycles. The minimum absolute atomic E-state index is 0.142. The van der Waals surface area contributed by atoms with E-state index in [-0.39, 0.29) is 5.91 Å². The van der Waals surface area contributed by atoms with Gasteiger partial charge >= 0.3 is 0 Å². The first-order valence-electron chi connectivity index (χ1n) is 13.0. The molecule has 3 aromatic carbocycles. The normalized spacial score (nSPS) is 14.5. The maximum atomic E-state index is 13.6. The molecule has 1 aliphatic heterocycles. The first kappa shape index (κ1) is 24.1. The second-order valence-corrected chi connectivity index (χ2v) is 9.56. The Morgan fingerprint density at radius 1 is 0.816 bits per heavy atom. The topological polar surface area (TPSA) is 56.8 Å². The summed E-state index contributed by atoms with van der Waals surface area (Å²) in [6.07, 6.45) is 2.80. The Labute approximate surface area is 222 Å². The molecule has 0 N–H and O–H groups in total. The molecule has 0 atom stereocenters. The summed E-state index contributed by atoms with van der Waals surface area (Å²) >= 11 is 0. The van der Waals surface area contributed by atoms with Crippen LogP contribution in [0.5, 0.6) is 5.75 Å². The predicted octanol–water partition coefficient (Wildman–Crippen LogP) is 5.92. The van der Waals surface area contributed by atoms with E-state index in [9.17, 15) is 4.79 Å². The van der Waals surface area contributed by atoms with E-state index in [0.29, 0.717) is 45.2 Å². The molecular weight excluding hydrogens is 476 g/mol. The largest absolute Gasteiger partial charge is 0.491 e. The average Bonchev–Trinajstić information content (AvgIpc) is 3.58. The van der Waals surface area contributed by atoms with Gasteiger partial charge in [-0.1, -0.05) is 60.7 Å². The van der Waals surface area contributed by atoms with Crippen molar-refractivity contribution in [1.29, 1.82) is 0 Å². The first-order chi connectivity index (χ1) is 18.7. The van der Waals surface area contributed by atoms with Crippen molar-refractivity contribution in [3.05, 3.63) is 125 Å². The van der Waals surface area contributed by atoms with Crippen LogP contribution >= 0.6 is 0 Å². The van der Waals surface area contributed by atoms with Crippen molar-refractivity contribution >= 4 is 16.8 Å². The van der Waals surface area contributed by atoms with Crippen LogP contribution in [0.4, 0.5) is 0 Å². The van der Waals surface area contributed by atoms with Crippen molar-refractivity contribution in [3.8, 4) is 5.75 Å². The minimum Gasteiger partial charge on any atom is -0.491 e. The summed E-state index contributed by atoms with van der Waals surface area (Å²) in [4.78, 5) is 15.4. The number of nitrogens with zero attached hydrogens (tertiary/aromatic N) is 2.